The molecule has 1 saturated heterocycles. The zero-order chi connectivity index (χ0) is 21.2. The summed E-state index contributed by atoms with van der Waals surface area (Å²) in [5.74, 6) is -0.127. The zero-order valence-corrected chi connectivity index (χ0v) is 18.3. The first-order valence-electron chi connectivity index (χ1n) is 9.03. The molecule has 0 aromatic carbocycles. The summed E-state index contributed by atoms with van der Waals surface area (Å²) in [7, 11) is 1.50. The zero-order valence-electron chi connectivity index (χ0n) is 16.7. The van der Waals surface area contributed by atoms with Crippen molar-refractivity contribution in [3.05, 3.63) is 36.3 Å². The van der Waals surface area contributed by atoms with Gasteiger partial charge in [0.15, 0.2) is 0 Å². The van der Waals surface area contributed by atoms with Crippen LogP contribution in [-0.2, 0) is 19.1 Å². The molecule has 8 nitrogen and oxygen atoms in total. The molecule has 2 amide bonds. The second-order valence-electron chi connectivity index (χ2n) is 7.45. The Morgan fingerprint density at radius 2 is 2.03 bits per heavy atom. The van der Waals surface area contributed by atoms with Crippen molar-refractivity contribution >= 4 is 41.5 Å². The molecule has 1 aromatic rings. The van der Waals surface area contributed by atoms with Crippen molar-refractivity contribution in [2.45, 2.75) is 48.6 Å². The second kappa shape index (κ2) is 8.66. The van der Waals surface area contributed by atoms with Crippen molar-refractivity contribution < 1.29 is 23.9 Å². The molecule has 3 rings (SSSR count). The van der Waals surface area contributed by atoms with Gasteiger partial charge in [0.2, 0.25) is 11.5 Å². The van der Waals surface area contributed by atoms with Gasteiger partial charge in [0.05, 0.1) is 11.8 Å². The van der Waals surface area contributed by atoms with Crippen LogP contribution in [0, 0.1) is 0 Å². The number of pyridine rings is 1. The number of thioether (sulfide) groups is 2. The number of rotatable bonds is 5. The lowest BCUT2D eigenvalue weighted by atomic mass is 10.1. The number of nitrogens with zero attached hydrogens (tertiary/aromatic N) is 3. The van der Waals surface area contributed by atoms with Gasteiger partial charge in [-0.25, -0.2) is 9.59 Å². The van der Waals surface area contributed by atoms with E-state index in [4.69, 9.17) is 9.47 Å². The van der Waals surface area contributed by atoms with Gasteiger partial charge >= 0.3 is 12.1 Å². The summed E-state index contributed by atoms with van der Waals surface area (Å²) in [5.41, 5.74) is -1.45. The fourth-order valence-corrected chi connectivity index (χ4v) is 4.62. The van der Waals surface area contributed by atoms with Crippen LogP contribution in [-0.4, -0.2) is 62.1 Å². The van der Waals surface area contributed by atoms with Crippen LogP contribution in [0.5, 0.6) is 0 Å². The standard InChI is InChI=1S/C19H23N3O5S2/c1-19(2,3)27-17(25)21(4)18(29-12-5-8-20-9-6-12)26-16(24)13-7-10-28-15-11-14(23)22(13)15/h5-9,15,18H,10-11H2,1-4H3/t15-,18?/m0/s1. The van der Waals surface area contributed by atoms with Gasteiger partial charge in [-0.3, -0.25) is 19.6 Å². The molecule has 0 aliphatic carbocycles. The van der Waals surface area contributed by atoms with Crippen LogP contribution in [0.3, 0.4) is 0 Å². The Morgan fingerprint density at radius 1 is 1.34 bits per heavy atom. The average molecular weight is 438 g/mol. The Hall–Kier alpha value is -2.20. The van der Waals surface area contributed by atoms with Gasteiger partial charge < -0.3 is 9.47 Å². The summed E-state index contributed by atoms with van der Waals surface area (Å²) in [6, 6.07) is 3.50. The minimum Gasteiger partial charge on any atom is -0.444 e. The Kier molecular flexibility index (Phi) is 6.42. The molecule has 0 N–H and O–H groups in total. The summed E-state index contributed by atoms with van der Waals surface area (Å²) in [6.45, 7) is 5.28. The first-order valence-corrected chi connectivity index (χ1v) is 11.0. The molecule has 1 aromatic heterocycles. The summed E-state index contributed by atoms with van der Waals surface area (Å²) in [4.78, 5) is 44.7. The van der Waals surface area contributed by atoms with Gasteiger partial charge in [-0.2, -0.15) is 0 Å². The van der Waals surface area contributed by atoms with Crippen LogP contribution >= 0.6 is 23.5 Å². The van der Waals surface area contributed by atoms with Crippen molar-refractivity contribution in [1.29, 1.82) is 0 Å². The third kappa shape index (κ3) is 5.24. The van der Waals surface area contributed by atoms with E-state index in [0.717, 1.165) is 4.90 Å². The molecule has 2 atom stereocenters. The van der Waals surface area contributed by atoms with E-state index in [1.807, 2.05) is 0 Å². The minimum atomic E-state index is -0.981. The Morgan fingerprint density at radius 3 is 2.66 bits per heavy atom. The molecule has 0 spiro atoms. The minimum absolute atomic E-state index is 0.0232. The number of ether oxygens (including phenoxy) is 2. The Labute approximate surface area is 178 Å². The SMILES string of the molecule is CN(C(=O)OC(C)(C)C)C(OC(=O)C1=CCS[C@H]2CC(=O)N12)Sc1ccncc1. The first kappa shape index (κ1) is 21.5. The molecule has 3 heterocycles. The lowest BCUT2D eigenvalue weighted by Crippen LogP contribution is -2.53. The van der Waals surface area contributed by atoms with Crippen LogP contribution in [0.2, 0.25) is 0 Å². The molecule has 2 aliphatic rings. The fourth-order valence-electron chi connectivity index (χ4n) is 2.62. The third-order valence-electron chi connectivity index (χ3n) is 4.03. The predicted octanol–water partition coefficient (Wildman–Crippen LogP) is 3.06. The van der Waals surface area contributed by atoms with E-state index in [0.29, 0.717) is 12.2 Å². The summed E-state index contributed by atoms with van der Waals surface area (Å²) in [5, 5.41) is -0.0232. The van der Waals surface area contributed by atoms with Gasteiger partial charge in [-0.15, -0.1) is 11.8 Å². The molecule has 2 aliphatic heterocycles. The topological polar surface area (TPSA) is 89.0 Å². The molecular formula is C19H23N3O5S2. The van der Waals surface area contributed by atoms with Crippen molar-refractivity contribution in [1.82, 2.24) is 14.8 Å². The fraction of sp³-hybridized carbons (Fsp3) is 0.474. The highest BCUT2D eigenvalue weighted by Gasteiger charge is 2.44. The highest BCUT2D eigenvalue weighted by Crippen LogP contribution is 2.38. The summed E-state index contributed by atoms with van der Waals surface area (Å²) in [6.07, 6.45) is 4.70. The number of aromatic nitrogens is 1. The highest BCUT2D eigenvalue weighted by atomic mass is 32.2. The normalized spacial score (nSPS) is 19.4. The number of carbonyl (C=O) groups is 3. The quantitative estimate of drug-likeness (QED) is 0.301. The Balaban J connectivity index is 1.77. The van der Waals surface area contributed by atoms with Gasteiger partial charge in [-0.05, 0) is 39.0 Å². The number of esters is 1. The van der Waals surface area contributed by atoms with Crippen molar-refractivity contribution in [3.63, 3.8) is 0 Å². The number of hydrogen-bond acceptors (Lipinski definition) is 8. The molecule has 0 saturated carbocycles. The summed E-state index contributed by atoms with van der Waals surface area (Å²) >= 11 is 2.77. The molecule has 29 heavy (non-hydrogen) atoms. The molecule has 156 valence electrons. The van der Waals surface area contributed by atoms with Crippen LogP contribution in [0.15, 0.2) is 41.2 Å². The van der Waals surface area contributed by atoms with E-state index in [2.05, 4.69) is 4.98 Å². The molecule has 0 radical (unpaired) electrons. The summed E-state index contributed by atoms with van der Waals surface area (Å²) < 4.78 is 11.0. The van der Waals surface area contributed by atoms with Gasteiger partial charge in [0.25, 0.3) is 0 Å². The van der Waals surface area contributed by atoms with E-state index < -0.39 is 23.2 Å². The molecule has 0 bridgehead atoms. The van der Waals surface area contributed by atoms with E-state index in [1.54, 1.807) is 63.1 Å². The highest BCUT2D eigenvalue weighted by molar-refractivity contribution is 8.00. The smallest absolute Gasteiger partial charge is 0.413 e. The molecule has 1 unspecified atom stereocenters. The largest absolute Gasteiger partial charge is 0.444 e. The molecule has 1 fully saturated rings. The lowest BCUT2D eigenvalue weighted by Gasteiger charge is -2.42. The maximum absolute atomic E-state index is 12.8. The van der Waals surface area contributed by atoms with Crippen LogP contribution in [0.1, 0.15) is 27.2 Å². The van der Waals surface area contributed by atoms with Gasteiger partial charge in [0, 0.05) is 30.1 Å². The van der Waals surface area contributed by atoms with Crippen LogP contribution in [0.4, 0.5) is 4.79 Å². The second-order valence-corrected chi connectivity index (χ2v) is 9.77. The lowest BCUT2D eigenvalue weighted by molar-refractivity contribution is -0.153. The number of carbonyl (C=O) groups excluding carboxylic acids is 3. The van der Waals surface area contributed by atoms with Crippen LogP contribution < -0.4 is 0 Å². The van der Waals surface area contributed by atoms with Crippen molar-refractivity contribution in [2.24, 2.45) is 0 Å². The van der Waals surface area contributed by atoms with E-state index >= 15 is 0 Å². The number of β-lactam (4-membered cyclic amide) rings is 1. The van der Waals surface area contributed by atoms with Gasteiger partial charge in [0.1, 0.15) is 11.3 Å². The maximum Gasteiger partial charge on any atom is 0.413 e. The van der Waals surface area contributed by atoms with E-state index in [9.17, 15) is 14.4 Å². The van der Waals surface area contributed by atoms with E-state index in [-0.39, 0.29) is 17.0 Å². The van der Waals surface area contributed by atoms with Crippen LogP contribution in [0.25, 0.3) is 0 Å². The van der Waals surface area contributed by atoms with Crippen molar-refractivity contribution in [2.75, 3.05) is 12.8 Å². The monoisotopic (exact) mass is 437 g/mol. The number of amides is 2. The average Bonchev–Trinajstić information content (AvgIpc) is 2.65. The third-order valence-corrected chi connectivity index (χ3v) is 6.31. The van der Waals surface area contributed by atoms with E-state index in [1.165, 1.54) is 28.6 Å². The number of hydrogen-bond donors (Lipinski definition) is 0. The predicted molar refractivity (Wildman–Crippen MR) is 110 cm³/mol. The first-order chi connectivity index (χ1) is 13.7. The maximum atomic E-state index is 12.8. The van der Waals surface area contributed by atoms with Gasteiger partial charge in [-0.1, -0.05) is 11.8 Å². The Bertz CT molecular complexity index is 825. The van der Waals surface area contributed by atoms with Crippen molar-refractivity contribution in [3.8, 4) is 0 Å². The molecular weight excluding hydrogens is 414 g/mol. The molecule has 10 heteroatoms. The number of fused-ring (bicyclic) bond motifs is 1.